The molecule has 3 nitrogen and oxygen atoms in total. The summed E-state index contributed by atoms with van der Waals surface area (Å²) in [6, 6.07) is 57.4. The maximum Gasteiger partial charge on any atom is 0.247 e. The molecule has 0 aliphatic carbocycles. The Balaban J connectivity index is 1.30. The highest BCUT2D eigenvalue weighted by molar-refractivity contribution is 6.99. The van der Waals surface area contributed by atoms with Crippen LogP contribution >= 0.6 is 0 Å². The summed E-state index contributed by atoms with van der Waals surface area (Å²) < 4.78 is 7.86. The van der Waals surface area contributed by atoms with Crippen molar-refractivity contribution < 1.29 is 0 Å². The van der Waals surface area contributed by atoms with Crippen LogP contribution in [-0.2, 0) is 0 Å². The van der Waals surface area contributed by atoms with Crippen LogP contribution < -0.4 is 16.4 Å². The number of rotatable bonds is 3. The highest BCUT2D eigenvalue weighted by atomic mass is 15.1. The molecular weight excluding hydrogens is 665 g/mol. The quantitative estimate of drug-likeness (QED) is 0.0990. The summed E-state index contributed by atoms with van der Waals surface area (Å²) in [6.45, 7) is 6.75. The zero-order chi connectivity index (χ0) is 36.3. The Hall–Kier alpha value is -6.78. The number of benzene rings is 8. The van der Waals surface area contributed by atoms with Crippen LogP contribution in [0.15, 0.2) is 152 Å². The van der Waals surface area contributed by atoms with E-state index in [0.29, 0.717) is 0 Å². The molecule has 0 unspecified atom stereocenters. The van der Waals surface area contributed by atoms with Gasteiger partial charge in [0.2, 0.25) is 6.71 Å². The molecule has 12 aromatic rings. The Morgan fingerprint density at radius 3 is 2.02 bits per heavy atom. The molecule has 1 aliphatic heterocycles. The van der Waals surface area contributed by atoms with E-state index in [2.05, 4.69) is 186 Å². The molecule has 0 N–H and O–H groups in total. The van der Waals surface area contributed by atoms with E-state index in [1.54, 1.807) is 0 Å². The average Bonchev–Trinajstić information content (AvgIpc) is 3.73. The van der Waals surface area contributed by atoms with E-state index in [4.69, 9.17) is 0 Å². The molecule has 0 saturated heterocycles. The first-order valence-corrected chi connectivity index (χ1v) is 19.4. The Morgan fingerprint density at radius 2 is 1.15 bits per heavy atom. The van der Waals surface area contributed by atoms with Crippen molar-refractivity contribution in [1.82, 2.24) is 13.2 Å². The largest absolute Gasteiger partial charge is 0.303 e. The molecule has 4 heteroatoms. The van der Waals surface area contributed by atoms with Gasteiger partial charge in [0.25, 0.3) is 0 Å². The van der Waals surface area contributed by atoms with Gasteiger partial charge >= 0.3 is 0 Å². The van der Waals surface area contributed by atoms with Crippen molar-refractivity contribution >= 4 is 94.3 Å². The van der Waals surface area contributed by atoms with E-state index < -0.39 is 0 Å². The van der Waals surface area contributed by atoms with Gasteiger partial charge in [-0.15, -0.1) is 0 Å². The Bertz CT molecular complexity index is 3610. The number of para-hydroxylation sites is 1. The summed E-state index contributed by atoms with van der Waals surface area (Å²) in [6.07, 6.45) is 0. The predicted molar refractivity (Wildman–Crippen MR) is 234 cm³/mol. The van der Waals surface area contributed by atoms with Crippen LogP contribution in [0.3, 0.4) is 0 Å². The molecule has 0 radical (unpaired) electrons. The number of fused-ring (bicyclic) bond motifs is 8. The molecule has 0 bridgehead atoms. The van der Waals surface area contributed by atoms with Gasteiger partial charge in [-0.2, -0.15) is 0 Å². The lowest BCUT2D eigenvalue weighted by Gasteiger charge is -2.30. The second-order valence-electron chi connectivity index (χ2n) is 15.9. The van der Waals surface area contributed by atoms with Crippen molar-refractivity contribution in [2.75, 3.05) is 0 Å². The molecular formula is C51H34BN3. The Kier molecular flexibility index (Phi) is 5.53. The van der Waals surface area contributed by atoms with E-state index in [0.717, 1.165) is 0 Å². The summed E-state index contributed by atoms with van der Waals surface area (Å²) >= 11 is 0. The lowest BCUT2D eigenvalue weighted by Crippen LogP contribution is -2.55. The average molecular weight is 700 g/mol. The number of aromatic nitrogens is 3. The van der Waals surface area contributed by atoms with Gasteiger partial charge in [0.1, 0.15) is 5.65 Å². The SMILES string of the molecule is Cc1cc(C)c(-c2ccc3c(c2)n2c4cccc5ccc6c(c54)n4c5c(ccc7c8ccccc8n(c75)c3c24)B6c2ccccc2-c2ccccc2)c(C)c1. The first kappa shape index (κ1) is 29.7. The Morgan fingerprint density at radius 1 is 0.418 bits per heavy atom. The molecule has 5 heterocycles. The third-order valence-corrected chi connectivity index (χ3v) is 12.9. The summed E-state index contributed by atoms with van der Waals surface area (Å²) in [5.41, 5.74) is 23.2. The van der Waals surface area contributed by atoms with E-state index >= 15 is 0 Å². The number of hydrogen-bond acceptors (Lipinski definition) is 0. The van der Waals surface area contributed by atoms with Crippen LogP contribution in [0.4, 0.5) is 0 Å². The summed E-state index contributed by atoms with van der Waals surface area (Å²) in [4.78, 5) is 0. The fraction of sp³-hybridized carbons (Fsp3) is 0.0588. The minimum Gasteiger partial charge on any atom is -0.303 e. The normalized spacial score (nSPS) is 13.0. The fourth-order valence-corrected chi connectivity index (χ4v) is 10.9. The van der Waals surface area contributed by atoms with E-state index in [-0.39, 0.29) is 6.71 Å². The Labute approximate surface area is 317 Å². The van der Waals surface area contributed by atoms with Crippen LogP contribution in [0, 0.1) is 20.8 Å². The first-order valence-electron chi connectivity index (χ1n) is 19.4. The van der Waals surface area contributed by atoms with Gasteiger partial charge < -0.3 is 4.40 Å². The van der Waals surface area contributed by atoms with Gasteiger partial charge in [-0.05, 0) is 94.7 Å². The minimum atomic E-state index is 0.0440. The van der Waals surface area contributed by atoms with E-state index in [9.17, 15) is 0 Å². The van der Waals surface area contributed by atoms with Crippen molar-refractivity contribution in [3.8, 4) is 22.3 Å². The van der Waals surface area contributed by atoms with Crippen molar-refractivity contribution in [2.24, 2.45) is 0 Å². The van der Waals surface area contributed by atoms with Gasteiger partial charge in [0.05, 0.1) is 38.6 Å². The van der Waals surface area contributed by atoms with Gasteiger partial charge in [-0.3, -0.25) is 8.80 Å². The smallest absolute Gasteiger partial charge is 0.247 e. The lowest BCUT2D eigenvalue weighted by molar-refractivity contribution is 1.17. The molecule has 256 valence electrons. The minimum absolute atomic E-state index is 0.0440. The van der Waals surface area contributed by atoms with Crippen molar-refractivity contribution in [2.45, 2.75) is 20.8 Å². The highest BCUT2D eigenvalue weighted by Crippen LogP contribution is 2.44. The van der Waals surface area contributed by atoms with Crippen molar-refractivity contribution in [1.29, 1.82) is 0 Å². The topological polar surface area (TPSA) is 13.2 Å². The maximum atomic E-state index is 2.67. The molecule has 0 atom stereocenters. The van der Waals surface area contributed by atoms with Gasteiger partial charge in [-0.25, -0.2) is 0 Å². The van der Waals surface area contributed by atoms with Gasteiger partial charge in [0, 0.05) is 21.5 Å². The second-order valence-corrected chi connectivity index (χ2v) is 15.9. The predicted octanol–water partition coefficient (Wildman–Crippen LogP) is 10.7. The molecule has 0 fully saturated rings. The van der Waals surface area contributed by atoms with Crippen molar-refractivity contribution in [3.05, 3.63) is 168 Å². The third kappa shape index (κ3) is 3.58. The first-order chi connectivity index (χ1) is 27.1. The standard InChI is InChI=1S/C51H34BN3/c1-29-26-30(2)45(31(3)27-29)34-20-22-38-44(28-34)53-43-19-11-14-33-21-24-40-49(46(33)43)55-50-41(52(40)39-17-9-7-15-35(39)32-12-5-4-6-13-32)25-23-37-36-16-8-10-18-42(36)54(47(37)50)48(38)51(53)55/h4-28H,1-3H3. The fourth-order valence-electron chi connectivity index (χ4n) is 10.9. The van der Waals surface area contributed by atoms with Gasteiger partial charge in [0.15, 0.2) is 0 Å². The zero-order valence-corrected chi connectivity index (χ0v) is 30.9. The number of nitrogens with zero attached hydrogens (tertiary/aromatic N) is 3. The maximum absolute atomic E-state index is 2.67. The summed E-state index contributed by atoms with van der Waals surface area (Å²) in [7, 11) is 0. The van der Waals surface area contributed by atoms with Crippen molar-refractivity contribution in [3.63, 3.8) is 0 Å². The molecule has 55 heavy (non-hydrogen) atoms. The molecule has 13 rings (SSSR count). The van der Waals surface area contributed by atoms with Crippen LogP contribution in [0.2, 0.25) is 0 Å². The van der Waals surface area contributed by atoms with Crippen LogP contribution in [-0.4, -0.2) is 19.9 Å². The van der Waals surface area contributed by atoms with Crippen LogP contribution in [0.1, 0.15) is 16.7 Å². The van der Waals surface area contributed by atoms with Gasteiger partial charge in [-0.1, -0.05) is 138 Å². The summed E-state index contributed by atoms with van der Waals surface area (Å²) in [5, 5.41) is 6.44. The lowest BCUT2D eigenvalue weighted by atomic mass is 9.35. The molecule has 0 spiro atoms. The van der Waals surface area contributed by atoms with Crippen LogP contribution in [0.5, 0.6) is 0 Å². The highest BCUT2D eigenvalue weighted by Gasteiger charge is 2.37. The molecule has 4 aromatic heterocycles. The second kappa shape index (κ2) is 10.2. The number of hydrogen-bond donors (Lipinski definition) is 0. The van der Waals surface area contributed by atoms with E-state index in [1.165, 1.54) is 127 Å². The van der Waals surface area contributed by atoms with E-state index in [1.807, 2.05) is 0 Å². The monoisotopic (exact) mass is 699 g/mol. The zero-order valence-electron chi connectivity index (χ0n) is 30.9. The number of aryl methyl sites for hydroxylation is 3. The molecule has 0 amide bonds. The summed E-state index contributed by atoms with van der Waals surface area (Å²) in [5.74, 6) is 0. The molecule has 1 aliphatic rings. The molecule has 8 aromatic carbocycles. The molecule has 0 saturated carbocycles. The third-order valence-electron chi connectivity index (χ3n) is 12.9. The van der Waals surface area contributed by atoms with Crippen LogP contribution in [0.25, 0.3) is 93.4 Å².